The number of carbonyl (C=O) groups excluding carboxylic acids is 1. The highest BCUT2D eigenvalue weighted by atomic mass is 16.5. The van der Waals surface area contributed by atoms with Crippen LogP contribution in [0.15, 0.2) is 49.6 Å². The Balaban J connectivity index is 0. The Morgan fingerprint density at radius 1 is 1.40 bits per heavy atom. The summed E-state index contributed by atoms with van der Waals surface area (Å²) in [5.74, 6) is -1.27. The van der Waals surface area contributed by atoms with Gasteiger partial charge in [-0.05, 0) is 38.2 Å². The van der Waals surface area contributed by atoms with Crippen LogP contribution in [0.1, 0.15) is 32.6 Å². The number of hydrogen-bond acceptors (Lipinski definition) is 3. The van der Waals surface area contributed by atoms with Gasteiger partial charge in [0.1, 0.15) is 6.61 Å². The molecule has 1 rings (SSSR count). The molecule has 112 valence electrons. The molecule has 4 nitrogen and oxygen atoms in total. The van der Waals surface area contributed by atoms with Crippen LogP contribution in [0.5, 0.6) is 0 Å². The minimum Gasteiger partial charge on any atom is -0.478 e. The van der Waals surface area contributed by atoms with E-state index in [1.54, 1.807) is 0 Å². The van der Waals surface area contributed by atoms with Crippen LogP contribution in [0.2, 0.25) is 0 Å². The van der Waals surface area contributed by atoms with Gasteiger partial charge in [-0.25, -0.2) is 9.59 Å². The van der Waals surface area contributed by atoms with Gasteiger partial charge >= 0.3 is 11.9 Å². The molecule has 4 heteroatoms. The number of hydrogen-bond donors (Lipinski definition) is 1. The maximum atomic E-state index is 10.7. The third-order valence-electron chi connectivity index (χ3n) is 2.32. The van der Waals surface area contributed by atoms with E-state index in [2.05, 4.69) is 32.4 Å². The van der Waals surface area contributed by atoms with Crippen LogP contribution in [-0.2, 0) is 14.3 Å². The zero-order chi connectivity index (χ0) is 16.0. The summed E-state index contributed by atoms with van der Waals surface area (Å²) in [6.07, 6.45) is 8.05. The molecule has 0 radical (unpaired) electrons. The number of esters is 1. The zero-order valence-electron chi connectivity index (χ0n) is 12.2. The standard InChI is InChI=1S/C10H14O2.C4H6O2.C2H4/c1-2-10(11)12-8-9-6-4-3-5-7-9;1-3(2)4(5)6;1-2/h2,6H,1,3-5,7-8H2;1H2,2H3,(H,5,6);1-2H2. The summed E-state index contributed by atoms with van der Waals surface area (Å²) in [4.78, 5) is 20.3. The number of carboxylic acids is 1. The van der Waals surface area contributed by atoms with Crippen molar-refractivity contribution in [2.75, 3.05) is 6.61 Å². The molecule has 0 unspecified atom stereocenters. The van der Waals surface area contributed by atoms with Gasteiger partial charge in [-0.15, -0.1) is 13.2 Å². The third kappa shape index (κ3) is 12.4. The van der Waals surface area contributed by atoms with Gasteiger partial charge in [0, 0.05) is 11.6 Å². The smallest absolute Gasteiger partial charge is 0.330 e. The van der Waals surface area contributed by atoms with Gasteiger partial charge < -0.3 is 9.84 Å². The number of rotatable bonds is 4. The molecule has 0 spiro atoms. The second kappa shape index (κ2) is 13.3. The molecule has 0 amide bonds. The average molecular weight is 280 g/mol. The summed E-state index contributed by atoms with van der Waals surface area (Å²) in [5, 5.41) is 7.89. The lowest BCUT2D eigenvalue weighted by molar-refractivity contribution is -0.137. The quantitative estimate of drug-likeness (QED) is 0.485. The van der Waals surface area contributed by atoms with Crippen LogP contribution < -0.4 is 0 Å². The molecule has 0 aromatic heterocycles. The fourth-order valence-electron chi connectivity index (χ4n) is 1.26. The van der Waals surface area contributed by atoms with E-state index in [1.807, 2.05) is 0 Å². The number of carboxylic acid groups (broad SMARTS) is 1. The minimum absolute atomic E-state index is 0.176. The van der Waals surface area contributed by atoms with E-state index in [1.165, 1.54) is 31.4 Å². The molecule has 0 aliphatic heterocycles. The molecule has 1 aliphatic carbocycles. The summed E-state index contributed by atoms with van der Waals surface area (Å²) in [5.41, 5.74) is 1.42. The molecule has 1 aliphatic rings. The molecule has 0 saturated heterocycles. The van der Waals surface area contributed by atoms with Crippen molar-refractivity contribution < 1.29 is 19.4 Å². The molecule has 0 atom stereocenters. The van der Waals surface area contributed by atoms with Gasteiger partial charge in [0.2, 0.25) is 0 Å². The van der Waals surface area contributed by atoms with Crippen LogP contribution in [-0.4, -0.2) is 23.7 Å². The van der Waals surface area contributed by atoms with Crippen LogP contribution >= 0.6 is 0 Å². The van der Waals surface area contributed by atoms with Crippen molar-refractivity contribution in [3.63, 3.8) is 0 Å². The Labute approximate surface area is 121 Å². The van der Waals surface area contributed by atoms with Gasteiger partial charge in [0.05, 0.1) is 0 Å². The summed E-state index contributed by atoms with van der Waals surface area (Å²) >= 11 is 0. The summed E-state index contributed by atoms with van der Waals surface area (Å²) in [6.45, 7) is 14.4. The van der Waals surface area contributed by atoms with E-state index in [-0.39, 0.29) is 11.5 Å². The Hall–Kier alpha value is -2.10. The van der Waals surface area contributed by atoms with E-state index in [4.69, 9.17) is 9.84 Å². The second-order valence-electron chi connectivity index (χ2n) is 4.01. The first-order chi connectivity index (χ1) is 9.47. The van der Waals surface area contributed by atoms with E-state index in [0.717, 1.165) is 12.8 Å². The highest BCUT2D eigenvalue weighted by Crippen LogP contribution is 2.17. The average Bonchev–Trinajstić information content (AvgIpc) is 2.48. The normalized spacial score (nSPS) is 12.3. The largest absolute Gasteiger partial charge is 0.478 e. The van der Waals surface area contributed by atoms with Crippen LogP contribution in [0.25, 0.3) is 0 Å². The van der Waals surface area contributed by atoms with E-state index in [0.29, 0.717) is 6.61 Å². The summed E-state index contributed by atoms with van der Waals surface area (Å²) in [7, 11) is 0. The third-order valence-corrected chi connectivity index (χ3v) is 2.32. The lowest BCUT2D eigenvalue weighted by Gasteiger charge is -2.11. The molecule has 0 aromatic rings. The molecule has 1 N–H and O–H groups in total. The van der Waals surface area contributed by atoms with Crippen molar-refractivity contribution >= 4 is 11.9 Å². The SMILES string of the molecule is C=C.C=C(C)C(=O)O.C=CC(=O)OCC1=CCCCC1. The summed E-state index contributed by atoms with van der Waals surface area (Å²) in [6, 6.07) is 0. The number of ether oxygens (including phenoxy) is 1. The van der Waals surface area contributed by atoms with Crippen LogP contribution in [0, 0.1) is 0 Å². The Kier molecular flexibility index (Phi) is 13.5. The first-order valence-corrected chi connectivity index (χ1v) is 6.33. The van der Waals surface area contributed by atoms with Gasteiger partial charge in [-0.1, -0.05) is 19.2 Å². The minimum atomic E-state index is -0.935. The molecule has 0 aromatic carbocycles. The number of aliphatic carboxylic acids is 1. The first-order valence-electron chi connectivity index (χ1n) is 6.33. The maximum Gasteiger partial charge on any atom is 0.330 e. The molecular weight excluding hydrogens is 256 g/mol. The van der Waals surface area contributed by atoms with Crippen molar-refractivity contribution in [1.29, 1.82) is 0 Å². The first kappa shape index (κ1) is 20.2. The van der Waals surface area contributed by atoms with E-state index in [9.17, 15) is 9.59 Å². The fourth-order valence-corrected chi connectivity index (χ4v) is 1.26. The predicted octanol–water partition coefficient (Wildman–Crippen LogP) is 3.67. The van der Waals surface area contributed by atoms with Gasteiger partial charge in [0.25, 0.3) is 0 Å². The topological polar surface area (TPSA) is 63.6 Å². The number of allylic oxidation sites excluding steroid dienone is 1. The highest BCUT2D eigenvalue weighted by molar-refractivity contribution is 5.84. The van der Waals surface area contributed by atoms with Crippen molar-refractivity contribution in [2.45, 2.75) is 32.6 Å². The van der Waals surface area contributed by atoms with Crippen molar-refractivity contribution in [3.05, 3.63) is 49.6 Å². The zero-order valence-corrected chi connectivity index (χ0v) is 12.2. The van der Waals surface area contributed by atoms with Gasteiger partial charge in [0.15, 0.2) is 0 Å². The molecule has 0 fully saturated rings. The second-order valence-corrected chi connectivity index (χ2v) is 4.01. The van der Waals surface area contributed by atoms with Crippen molar-refractivity contribution in [2.24, 2.45) is 0 Å². The lowest BCUT2D eigenvalue weighted by atomic mass is 10.0. The van der Waals surface area contributed by atoms with Crippen LogP contribution in [0.3, 0.4) is 0 Å². The Morgan fingerprint density at radius 3 is 2.30 bits per heavy atom. The predicted molar refractivity (Wildman–Crippen MR) is 81.4 cm³/mol. The Bertz CT molecular complexity index is 355. The van der Waals surface area contributed by atoms with Gasteiger partial charge in [-0.2, -0.15) is 0 Å². The molecule has 0 heterocycles. The molecule has 0 bridgehead atoms. The summed E-state index contributed by atoms with van der Waals surface area (Å²) < 4.78 is 4.91. The van der Waals surface area contributed by atoms with E-state index >= 15 is 0 Å². The molecular formula is C16H24O4. The lowest BCUT2D eigenvalue weighted by Crippen LogP contribution is -2.06. The fraction of sp³-hybridized carbons (Fsp3) is 0.375. The van der Waals surface area contributed by atoms with E-state index < -0.39 is 5.97 Å². The van der Waals surface area contributed by atoms with Gasteiger partial charge in [-0.3, -0.25) is 0 Å². The van der Waals surface area contributed by atoms with Crippen molar-refractivity contribution in [1.82, 2.24) is 0 Å². The molecule has 0 saturated carbocycles. The maximum absolute atomic E-state index is 10.7. The highest BCUT2D eigenvalue weighted by Gasteiger charge is 2.04. The van der Waals surface area contributed by atoms with Crippen molar-refractivity contribution in [3.8, 4) is 0 Å². The Morgan fingerprint density at radius 2 is 1.95 bits per heavy atom. The number of carbonyl (C=O) groups is 2. The van der Waals surface area contributed by atoms with Crippen LogP contribution in [0.4, 0.5) is 0 Å². The monoisotopic (exact) mass is 280 g/mol. The molecule has 20 heavy (non-hydrogen) atoms.